The molecule has 0 saturated carbocycles. The van der Waals surface area contributed by atoms with Crippen LogP contribution in [0.15, 0.2) is 55.0 Å². The summed E-state index contributed by atoms with van der Waals surface area (Å²) in [5.41, 5.74) is 4.50. The first-order valence-electron chi connectivity index (χ1n) is 10.0. The van der Waals surface area contributed by atoms with Crippen molar-refractivity contribution >= 4 is 33.4 Å². The lowest BCUT2D eigenvalue weighted by Crippen LogP contribution is -2.22. The molecule has 4 rings (SSSR count). The molecule has 0 spiro atoms. The number of anilines is 2. The van der Waals surface area contributed by atoms with Crippen LogP contribution in [0.3, 0.4) is 0 Å². The van der Waals surface area contributed by atoms with Gasteiger partial charge in [-0.15, -0.1) is 0 Å². The van der Waals surface area contributed by atoms with Crippen molar-refractivity contribution in [2.45, 2.75) is 0 Å². The Morgan fingerprint density at radius 3 is 2.36 bits per heavy atom. The molecule has 0 aliphatic heterocycles. The Labute approximate surface area is 192 Å². The van der Waals surface area contributed by atoms with Crippen molar-refractivity contribution in [3.05, 3.63) is 55.0 Å². The number of benzene rings is 2. The van der Waals surface area contributed by atoms with E-state index in [4.69, 9.17) is 18.6 Å². The van der Waals surface area contributed by atoms with E-state index in [0.29, 0.717) is 22.7 Å². The van der Waals surface area contributed by atoms with E-state index in [9.17, 15) is 8.42 Å². The normalized spacial score (nSPS) is 11.2. The summed E-state index contributed by atoms with van der Waals surface area (Å²) in [6.07, 6.45) is 5.31. The van der Waals surface area contributed by atoms with Crippen molar-refractivity contribution < 1.29 is 22.1 Å². The van der Waals surface area contributed by atoms with Gasteiger partial charge < -0.3 is 14.4 Å². The molecule has 2 aromatic heterocycles. The Bertz CT molecular complexity index is 1320. The Balaban J connectivity index is 1.77. The van der Waals surface area contributed by atoms with Crippen molar-refractivity contribution in [2.75, 3.05) is 32.3 Å². The van der Waals surface area contributed by atoms with Gasteiger partial charge in [0.05, 0.1) is 49.9 Å². The topological polar surface area (TPSA) is 109 Å². The number of fused-ring (bicyclic) bond motifs is 1. The number of thiol groups is 1. The SMILES string of the molecule is COc1cc(OC)cc(N(CCO[SH](=O)=O)c2ccc3ncc(-c4cnn(C)c4)nc3c2)c1. The first-order chi connectivity index (χ1) is 16.0. The van der Waals surface area contributed by atoms with E-state index >= 15 is 0 Å². The number of aryl methyl sites for hydroxylation is 1. The van der Waals surface area contributed by atoms with Crippen LogP contribution in [0.4, 0.5) is 11.4 Å². The summed E-state index contributed by atoms with van der Waals surface area (Å²) >= 11 is 0. The highest BCUT2D eigenvalue weighted by Crippen LogP contribution is 2.34. The van der Waals surface area contributed by atoms with E-state index in [-0.39, 0.29) is 13.2 Å². The average Bonchev–Trinajstić information content (AvgIpc) is 3.26. The summed E-state index contributed by atoms with van der Waals surface area (Å²) in [6, 6.07) is 11.1. The molecule has 2 aromatic carbocycles. The summed E-state index contributed by atoms with van der Waals surface area (Å²) < 4.78 is 39.2. The molecule has 0 unspecified atom stereocenters. The number of aromatic nitrogens is 4. The zero-order chi connectivity index (χ0) is 23.4. The molecule has 0 radical (unpaired) electrons. The minimum absolute atomic E-state index is 0.0301. The predicted octanol–water partition coefficient (Wildman–Crippen LogP) is 2.73. The fourth-order valence-corrected chi connectivity index (χ4v) is 3.65. The molecule has 0 fully saturated rings. The Morgan fingerprint density at radius 1 is 0.970 bits per heavy atom. The molecule has 0 bridgehead atoms. The molecule has 0 atom stereocenters. The van der Waals surface area contributed by atoms with Gasteiger partial charge >= 0.3 is 0 Å². The van der Waals surface area contributed by atoms with E-state index < -0.39 is 11.0 Å². The molecule has 10 nitrogen and oxygen atoms in total. The van der Waals surface area contributed by atoms with Crippen molar-refractivity contribution in [3.8, 4) is 22.8 Å². The van der Waals surface area contributed by atoms with Gasteiger partial charge in [-0.2, -0.15) is 5.10 Å². The highest BCUT2D eigenvalue weighted by Gasteiger charge is 2.15. The number of hydrogen-bond acceptors (Lipinski definition) is 9. The fourth-order valence-electron chi connectivity index (χ4n) is 3.42. The van der Waals surface area contributed by atoms with Crippen molar-refractivity contribution in [1.82, 2.24) is 19.7 Å². The first-order valence-corrected chi connectivity index (χ1v) is 11.1. The summed E-state index contributed by atoms with van der Waals surface area (Å²) in [6.45, 7) is 0.235. The zero-order valence-electron chi connectivity index (χ0n) is 18.3. The van der Waals surface area contributed by atoms with Crippen LogP contribution in [-0.4, -0.2) is 55.5 Å². The number of nitrogens with zero attached hydrogens (tertiary/aromatic N) is 5. The molecule has 0 saturated heterocycles. The van der Waals surface area contributed by atoms with Gasteiger partial charge in [0.1, 0.15) is 11.5 Å². The van der Waals surface area contributed by atoms with E-state index in [1.54, 1.807) is 37.4 Å². The molecule has 172 valence electrons. The second kappa shape index (κ2) is 9.84. The molecule has 0 amide bonds. The van der Waals surface area contributed by atoms with Crippen LogP contribution in [-0.2, 0) is 22.2 Å². The lowest BCUT2D eigenvalue weighted by Gasteiger charge is -2.25. The summed E-state index contributed by atoms with van der Waals surface area (Å²) in [5, 5.41) is 4.19. The second-order valence-electron chi connectivity index (χ2n) is 7.11. The highest BCUT2D eigenvalue weighted by molar-refractivity contribution is 7.67. The molecule has 33 heavy (non-hydrogen) atoms. The third kappa shape index (κ3) is 5.21. The fraction of sp³-hybridized carbons (Fsp3) is 0.227. The summed E-state index contributed by atoms with van der Waals surface area (Å²) in [7, 11) is 2.03. The van der Waals surface area contributed by atoms with Crippen LogP contribution in [0.25, 0.3) is 22.3 Å². The molecule has 2 heterocycles. The van der Waals surface area contributed by atoms with Gasteiger partial charge in [-0.25, -0.2) is 13.4 Å². The van der Waals surface area contributed by atoms with E-state index in [1.165, 1.54) is 0 Å². The number of methoxy groups -OCH3 is 2. The monoisotopic (exact) mass is 469 g/mol. The average molecular weight is 470 g/mol. The van der Waals surface area contributed by atoms with Gasteiger partial charge in [-0.05, 0) is 18.2 Å². The number of rotatable bonds is 9. The lowest BCUT2D eigenvalue weighted by atomic mass is 10.2. The molecule has 11 heteroatoms. The number of hydrogen-bond donors (Lipinski definition) is 1. The molecular weight excluding hydrogens is 446 g/mol. The van der Waals surface area contributed by atoms with Gasteiger partial charge in [0.25, 0.3) is 11.0 Å². The van der Waals surface area contributed by atoms with Crippen LogP contribution in [0, 0.1) is 0 Å². The van der Waals surface area contributed by atoms with Crippen LogP contribution in [0.5, 0.6) is 11.5 Å². The standard InChI is InChI=1S/C22H23N5O5S/c1-26-14-15(12-24-26)22-13-23-20-5-4-16(10-21(20)25-22)27(6-7-32-33(28)29)17-8-18(30-2)11-19(9-17)31-3/h4-5,8-14,33H,6-7H2,1-3H3. The third-order valence-corrected chi connectivity index (χ3v) is 5.39. The van der Waals surface area contributed by atoms with Crippen LogP contribution >= 0.6 is 0 Å². The molecular formula is C22H23N5O5S. The van der Waals surface area contributed by atoms with Gasteiger partial charge in [-0.1, -0.05) is 0 Å². The molecule has 0 aliphatic carbocycles. The lowest BCUT2D eigenvalue weighted by molar-refractivity contribution is 0.342. The van der Waals surface area contributed by atoms with Gasteiger partial charge in [0.15, 0.2) is 0 Å². The maximum absolute atomic E-state index is 10.9. The maximum atomic E-state index is 10.9. The van der Waals surface area contributed by atoms with Crippen LogP contribution in [0.1, 0.15) is 0 Å². The second-order valence-corrected chi connectivity index (χ2v) is 7.82. The van der Waals surface area contributed by atoms with Crippen molar-refractivity contribution in [2.24, 2.45) is 7.05 Å². The number of ether oxygens (including phenoxy) is 2. The van der Waals surface area contributed by atoms with Crippen LogP contribution in [0.2, 0.25) is 0 Å². The van der Waals surface area contributed by atoms with Gasteiger partial charge in [0, 0.05) is 54.9 Å². The summed E-state index contributed by atoms with van der Waals surface area (Å²) in [4.78, 5) is 11.2. The molecule has 4 aromatic rings. The largest absolute Gasteiger partial charge is 0.497 e. The predicted molar refractivity (Wildman–Crippen MR) is 125 cm³/mol. The smallest absolute Gasteiger partial charge is 0.257 e. The molecule has 0 N–H and O–H groups in total. The third-order valence-electron chi connectivity index (χ3n) is 5.00. The van der Waals surface area contributed by atoms with E-state index in [0.717, 1.165) is 22.5 Å². The first kappa shape index (κ1) is 22.5. The quantitative estimate of drug-likeness (QED) is 0.370. The Hall–Kier alpha value is -3.70. The van der Waals surface area contributed by atoms with Gasteiger partial charge in [-0.3, -0.25) is 13.8 Å². The Morgan fingerprint density at radius 2 is 1.73 bits per heavy atom. The maximum Gasteiger partial charge on any atom is 0.257 e. The Kier molecular flexibility index (Phi) is 6.71. The molecule has 0 aliphatic rings. The minimum atomic E-state index is -2.95. The van der Waals surface area contributed by atoms with Crippen molar-refractivity contribution in [3.63, 3.8) is 0 Å². The van der Waals surface area contributed by atoms with Crippen molar-refractivity contribution in [1.29, 1.82) is 0 Å². The van der Waals surface area contributed by atoms with E-state index in [2.05, 4.69) is 10.1 Å². The van der Waals surface area contributed by atoms with E-state index in [1.807, 2.05) is 48.5 Å². The highest BCUT2D eigenvalue weighted by atomic mass is 32.2. The summed E-state index contributed by atoms with van der Waals surface area (Å²) in [5.74, 6) is 1.20. The van der Waals surface area contributed by atoms with Gasteiger partial charge in [0.2, 0.25) is 0 Å². The zero-order valence-corrected chi connectivity index (χ0v) is 19.2. The minimum Gasteiger partial charge on any atom is -0.497 e. The van der Waals surface area contributed by atoms with Crippen LogP contribution < -0.4 is 14.4 Å².